The van der Waals surface area contributed by atoms with E-state index in [-0.39, 0.29) is 24.7 Å². The third kappa shape index (κ3) is 4.21. The van der Waals surface area contributed by atoms with Crippen LogP contribution in [-0.4, -0.2) is 57.1 Å². The van der Waals surface area contributed by atoms with Gasteiger partial charge in [0.15, 0.2) is 24.4 Å². The van der Waals surface area contributed by atoms with Gasteiger partial charge in [0.05, 0.1) is 32.0 Å². The highest BCUT2D eigenvalue weighted by Crippen LogP contribution is 2.28. The Morgan fingerprint density at radius 2 is 2.16 bits per heavy atom. The summed E-state index contributed by atoms with van der Waals surface area (Å²) in [6, 6.07) is 6.91. The van der Waals surface area contributed by atoms with Crippen LogP contribution in [0.1, 0.15) is 18.4 Å². The van der Waals surface area contributed by atoms with Crippen LogP contribution >= 0.6 is 0 Å². The molecule has 0 radical (unpaired) electrons. The molecule has 2 aliphatic rings. The Morgan fingerprint density at radius 3 is 2.88 bits per heavy atom. The first-order valence-electron chi connectivity index (χ1n) is 8.43. The molecule has 7 heteroatoms. The van der Waals surface area contributed by atoms with Crippen molar-refractivity contribution >= 4 is 5.91 Å². The zero-order valence-corrected chi connectivity index (χ0v) is 14.3. The van der Waals surface area contributed by atoms with Crippen LogP contribution in [0.15, 0.2) is 18.2 Å². The Balaban J connectivity index is 1.56. The van der Waals surface area contributed by atoms with E-state index in [4.69, 9.17) is 24.2 Å². The zero-order valence-electron chi connectivity index (χ0n) is 14.3. The van der Waals surface area contributed by atoms with Crippen molar-refractivity contribution in [3.05, 3.63) is 23.8 Å². The third-order valence-corrected chi connectivity index (χ3v) is 4.49. The van der Waals surface area contributed by atoms with Crippen LogP contribution in [-0.2, 0) is 14.3 Å². The molecule has 0 bridgehead atoms. The second kappa shape index (κ2) is 8.19. The van der Waals surface area contributed by atoms with Gasteiger partial charge >= 0.3 is 0 Å². The van der Waals surface area contributed by atoms with Gasteiger partial charge in [-0.15, -0.1) is 0 Å². The zero-order chi connectivity index (χ0) is 17.6. The molecule has 0 N–H and O–H groups in total. The number of hydrogen-bond donors (Lipinski definition) is 0. The third-order valence-electron chi connectivity index (χ3n) is 4.49. The van der Waals surface area contributed by atoms with Crippen molar-refractivity contribution in [3.8, 4) is 17.6 Å². The molecule has 1 amide bonds. The molecule has 2 heterocycles. The van der Waals surface area contributed by atoms with Gasteiger partial charge in [0.25, 0.3) is 5.91 Å². The van der Waals surface area contributed by atoms with Gasteiger partial charge in [-0.1, -0.05) is 0 Å². The molecule has 1 aromatic carbocycles. The molecule has 3 rings (SSSR count). The van der Waals surface area contributed by atoms with Gasteiger partial charge in [-0.3, -0.25) is 4.79 Å². The fourth-order valence-corrected chi connectivity index (χ4v) is 3.19. The molecular formula is C18H22N2O5. The van der Waals surface area contributed by atoms with E-state index in [9.17, 15) is 4.79 Å². The van der Waals surface area contributed by atoms with Crippen molar-refractivity contribution in [2.24, 2.45) is 5.92 Å². The highest BCUT2D eigenvalue weighted by atomic mass is 16.7. The Hall–Kier alpha value is -2.30. The van der Waals surface area contributed by atoms with E-state index >= 15 is 0 Å². The molecule has 2 aliphatic heterocycles. The van der Waals surface area contributed by atoms with Crippen molar-refractivity contribution in [2.75, 3.05) is 40.0 Å². The lowest BCUT2D eigenvalue weighted by molar-refractivity contribution is -0.141. The summed E-state index contributed by atoms with van der Waals surface area (Å²) in [5, 5.41) is 8.92. The average Bonchev–Trinajstić information content (AvgIpc) is 3.21. The van der Waals surface area contributed by atoms with E-state index in [0.29, 0.717) is 36.8 Å². The molecule has 1 aromatic rings. The van der Waals surface area contributed by atoms with Gasteiger partial charge in [-0.25, -0.2) is 0 Å². The largest absolute Gasteiger partial charge is 0.493 e. The number of nitriles is 1. The van der Waals surface area contributed by atoms with E-state index in [2.05, 4.69) is 0 Å². The fraction of sp³-hybridized carbons (Fsp3) is 0.556. The van der Waals surface area contributed by atoms with E-state index in [0.717, 1.165) is 19.4 Å². The molecule has 134 valence electrons. The highest BCUT2D eigenvalue weighted by molar-refractivity contribution is 5.78. The number of carbonyl (C=O) groups is 1. The number of methoxy groups -OCH3 is 1. The van der Waals surface area contributed by atoms with Crippen molar-refractivity contribution in [2.45, 2.75) is 19.1 Å². The molecule has 2 saturated heterocycles. The Morgan fingerprint density at radius 1 is 1.36 bits per heavy atom. The second-order valence-corrected chi connectivity index (χ2v) is 6.12. The molecule has 0 spiro atoms. The number of rotatable bonds is 5. The van der Waals surface area contributed by atoms with Crippen LogP contribution in [0.4, 0.5) is 0 Å². The van der Waals surface area contributed by atoms with Crippen LogP contribution in [0.5, 0.6) is 11.5 Å². The average molecular weight is 346 g/mol. The first-order valence-corrected chi connectivity index (χ1v) is 8.43. The van der Waals surface area contributed by atoms with Crippen LogP contribution in [0.25, 0.3) is 0 Å². The van der Waals surface area contributed by atoms with Crippen LogP contribution < -0.4 is 9.47 Å². The first-order chi connectivity index (χ1) is 12.2. The molecule has 0 aromatic heterocycles. The van der Waals surface area contributed by atoms with Crippen molar-refractivity contribution < 1.29 is 23.7 Å². The van der Waals surface area contributed by atoms with Gasteiger partial charge < -0.3 is 23.8 Å². The Kier molecular flexibility index (Phi) is 5.74. The van der Waals surface area contributed by atoms with E-state index in [1.54, 1.807) is 23.1 Å². The van der Waals surface area contributed by atoms with Gasteiger partial charge in [-0.05, 0) is 25.0 Å². The quantitative estimate of drug-likeness (QED) is 0.805. The molecule has 1 atom stereocenters. The molecule has 0 saturated carbocycles. The number of piperidine rings is 1. The summed E-state index contributed by atoms with van der Waals surface area (Å²) in [4.78, 5) is 14.3. The lowest BCUT2D eigenvalue weighted by Gasteiger charge is -2.34. The van der Waals surface area contributed by atoms with Crippen molar-refractivity contribution in [3.63, 3.8) is 0 Å². The normalized spacial score (nSPS) is 21.0. The number of benzene rings is 1. The topological polar surface area (TPSA) is 81.0 Å². The van der Waals surface area contributed by atoms with Crippen LogP contribution in [0.3, 0.4) is 0 Å². The van der Waals surface area contributed by atoms with Gasteiger partial charge in [0.2, 0.25) is 0 Å². The Labute approximate surface area is 147 Å². The summed E-state index contributed by atoms with van der Waals surface area (Å²) < 4.78 is 22.0. The Bertz CT molecular complexity index is 651. The van der Waals surface area contributed by atoms with Gasteiger partial charge in [-0.2, -0.15) is 5.26 Å². The fourth-order valence-electron chi connectivity index (χ4n) is 3.19. The maximum absolute atomic E-state index is 12.5. The number of likely N-dealkylation sites (tertiary alicyclic amines) is 1. The first kappa shape index (κ1) is 17.5. The van der Waals surface area contributed by atoms with Gasteiger partial charge in [0, 0.05) is 25.1 Å². The maximum atomic E-state index is 12.5. The summed E-state index contributed by atoms with van der Waals surface area (Å²) in [6.07, 6.45) is 1.73. The summed E-state index contributed by atoms with van der Waals surface area (Å²) >= 11 is 0. The summed E-state index contributed by atoms with van der Waals surface area (Å²) in [5.74, 6) is 1.03. The maximum Gasteiger partial charge on any atom is 0.260 e. The number of nitrogens with zero attached hydrogens (tertiary/aromatic N) is 2. The van der Waals surface area contributed by atoms with E-state index < -0.39 is 0 Å². The van der Waals surface area contributed by atoms with Crippen molar-refractivity contribution in [1.82, 2.24) is 4.90 Å². The number of ether oxygens (including phenoxy) is 4. The van der Waals surface area contributed by atoms with Gasteiger partial charge in [0.1, 0.15) is 0 Å². The lowest BCUT2D eigenvalue weighted by Crippen LogP contribution is -2.45. The molecule has 0 aliphatic carbocycles. The minimum absolute atomic E-state index is 0.0681. The molecule has 7 nitrogen and oxygen atoms in total. The molecule has 25 heavy (non-hydrogen) atoms. The smallest absolute Gasteiger partial charge is 0.260 e. The SMILES string of the molecule is COc1cc(C#N)ccc1OCC(=O)N1CCCC(C2OCCO2)C1. The van der Waals surface area contributed by atoms with Crippen LogP contribution in [0, 0.1) is 17.2 Å². The summed E-state index contributed by atoms with van der Waals surface area (Å²) in [7, 11) is 1.50. The second-order valence-electron chi connectivity index (χ2n) is 6.12. The standard InChI is InChI=1S/C18H22N2O5/c1-22-16-9-13(10-19)4-5-15(16)25-12-17(21)20-6-2-3-14(11-20)18-23-7-8-24-18/h4-5,9,14,18H,2-3,6-8,11-12H2,1H3. The number of amides is 1. The number of hydrogen-bond acceptors (Lipinski definition) is 6. The minimum atomic E-state index is -0.199. The number of carbonyl (C=O) groups excluding carboxylic acids is 1. The minimum Gasteiger partial charge on any atom is -0.493 e. The summed E-state index contributed by atoms with van der Waals surface area (Å²) in [5.41, 5.74) is 0.478. The van der Waals surface area contributed by atoms with Crippen molar-refractivity contribution in [1.29, 1.82) is 5.26 Å². The highest BCUT2D eigenvalue weighted by Gasteiger charge is 2.32. The predicted octanol–water partition coefficient (Wildman–Crippen LogP) is 1.56. The molecule has 2 fully saturated rings. The van der Waals surface area contributed by atoms with E-state index in [1.165, 1.54) is 7.11 Å². The molecule has 1 unspecified atom stereocenters. The summed E-state index contributed by atoms with van der Waals surface area (Å²) in [6.45, 7) is 2.52. The predicted molar refractivity (Wildman–Crippen MR) is 88.2 cm³/mol. The lowest BCUT2D eigenvalue weighted by atomic mass is 9.97. The van der Waals surface area contributed by atoms with E-state index in [1.807, 2.05) is 6.07 Å². The van der Waals surface area contributed by atoms with Crippen LogP contribution in [0.2, 0.25) is 0 Å². The monoisotopic (exact) mass is 346 g/mol. The molecular weight excluding hydrogens is 324 g/mol.